The SMILES string of the molecule is CC1(C)CC(=O)C(=Cc2cc([N+](=O)[O-])ccc2O)C(=O)C1. The molecule has 6 nitrogen and oxygen atoms in total. The van der Waals surface area contributed by atoms with Crippen LogP contribution in [-0.4, -0.2) is 21.6 Å². The Labute approximate surface area is 121 Å². The first-order chi connectivity index (χ1) is 9.69. The van der Waals surface area contributed by atoms with E-state index in [0.29, 0.717) is 0 Å². The number of Topliss-reactive ketones (excluding diaryl/α,β-unsaturated/α-hetero) is 2. The summed E-state index contributed by atoms with van der Waals surface area (Å²) < 4.78 is 0. The number of rotatable bonds is 2. The summed E-state index contributed by atoms with van der Waals surface area (Å²) in [6.45, 7) is 3.68. The molecule has 110 valence electrons. The molecular weight excluding hydrogens is 274 g/mol. The summed E-state index contributed by atoms with van der Waals surface area (Å²) in [6.07, 6.45) is 1.71. The van der Waals surface area contributed by atoms with Crippen molar-refractivity contribution >= 4 is 23.3 Å². The number of ketones is 2. The molecule has 1 aromatic rings. The average Bonchev–Trinajstić information content (AvgIpc) is 2.34. The summed E-state index contributed by atoms with van der Waals surface area (Å²) in [5.74, 6) is -0.817. The van der Waals surface area contributed by atoms with Crippen molar-refractivity contribution in [1.29, 1.82) is 0 Å². The standard InChI is InChI=1S/C15H15NO5/c1-15(2)7-13(18)11(14(19)8-15)6-9-5-10(16(20)21)3-4-12(9)17/h3-6,17H,7-8H2,1-2H3. The number of carbonyl (C=O) groups excluding carboxylic acids is 2. The Kier molecular flexibility index (Phi) is 3.63. The van der Waals surface area contributed by atoms with Crippen LogP contribution in [0.4, 0.5) is 5.69 Å². The lowest BCUT2D eigenvalue weighted by atomic mass is 9.74. The lowest BCUT2D eigenvalue weighted by molar-refractivity contribution is -0.384. The molecule has 0 saturated heterocycles. The molecule has 21 heavy (non-hydrogen) atoms. The number of nitrogens with zero attached hydrogens (tertiary/aromatic N) is 1. The zero-order chi connectivity index (χ0) is 15.8. The Balaban J connectivity index is 2.44. The Morgan fingerprint density at radius 1 is 1.24 bits per heavy atom. The third-order valence-corrected chi connectivity index (χ3v) is 3.40. The zero-order valence-electron chi connectivity index (χ0n) is 11.8. The van der Waals surface area contributed by atoms with E-state index in [1.165, 1.54) is 12.1 Å². The predicted molar refractivity (Wildman–Crippen MR) is 75.8 cm³/mol. The molecule has 0 spiro atoms. The molecular formula is C15H15NO5. The quantitative estimate of drug-likeness (QED) is 0.390. The van der Waals surface area contributed by atoms with E-state index in [4.69, 9.17) is 0 Å². The molecule has 6 heteroatoms. The number of phenolic OH excluding ortho intramolecular Hbond substituents is 1. The molecule has 0 aliphatic heterocycles. The smallest absolute Gasteiger partial charge is 0.270 e. The van der Waals surface area contributed by atoms with Gasteiger partial charge in [0.25, 0.3) is 5.69 Å². The van der Waals surface area contributed by atoms with Crippen molar-refractivity contribution in [2.45, 2.75) is 26.7 Å². The van der Waals surface area contributed by atoms with Crippen LogP contribution in [-0.2, 0) is 9.59 Å². The number of allylic oxidation sites excluding steroid dienone is 1. The van der Waals surface area contributed by atoms with Crippen molar-refractivity contribution in [1.82, 2.24) is 0 Å². The molecule has 0 atom stereocenters. The van der Waals surface area contributed by atoms with Crippen molar-refractivity contribution in [2.24, 2.45) is 5.41 Å². The van der Waals surface area contributed by atoms with E-state index in [0.717, 1.165) is 12.1 Å². The molecule has 0 bridgehead atoms. The van der Waals surface area contributed by atoms with Crippen LogP contribution < -0.4 is 0 Å². The molecule has 0 amide bonds. The Morgan fingerprint density at radius 2 is 1.81 bits per heavy atom. The summed E-state index contributed by atoms with van der Waals surface area (Å²) in [7, 11) is 0. The summed E-state index contributed by atoms with van der Waals surface area (Å²) >= 11 is 0. The average molecular weight is 289 g/mol. The van der Waals surface area contributed by atoms with E-state index in [1.54, 1.807) is 0 Å². The van der Waals surface area contributed by atoms with Crippen LogP contribution in [0, 0.1) is 15.5 Å². The fourth-order valence-corrected chi connectivity index (χ4v) is 2.37. The highest BCUT2D eigenvalue weighted by atomic mass is 16.6. The monoisotopic (exact) mass is 289 g/mol. The largest absolute Gasteiger partial charge is 0.507 e. The highest BCUT2D eigenvalue weighted by molar-refractivity contribution is 6.25. The maximum atomic E-state index is 12.1. The molecule has 0 heterocycles. The fraction of sp³-hybridized carbons (Fsp3) is 0.333. The van der Waals surface area contributed by atoms with E-state index in [9.17, 15) is 24.8 Å². The topological polar surface area (TPSA) is 97.5 Å². The predicted octanol–water partition coefficient (Wildman–Crippen LogP) is 2.64. The molecule has 1 aromatic carbocycles. The summed E-state index contributed by atoms with van der Waals surface area (Å²) in [5, 5.41) is 20.5. The summed E-state index contributed by atoms with van der Waals surface area (Å²) in [6, 6.07) is 3.47. The van der Waals surface area contributed by atoms with Crippen LogP contribution in [0.15, 0.2) is 23.8 Å². The molecule has 1 aliphatic rings. The van der Waals surface area contributed by atoms with Gasteiger partial charge in [-0.1, -0.05) is 13.8 Å². The lowest BCUT2D eigenvalue weighted by Gasteiger charge is -2.28. The summed E-state index contributed by atoms with van der Waals surface area (Å²) in [4.78, 5) is 34.2. The van der Waals surface area contributed by atoms with Crippen molar-refractivity contribution in [3.63, 3.8) is 0 Å². The molecule has 0 aromatic heterocycles. The van der Waals surface area contributed by atoms with Crippen LogP contribution in [0.1, 0.15) is 32.3 Å². The minimum atomic E-state index is -0.602. The molecule has 0 radical (unpaired) electrons. The number of carbonyl (C=O) groups is 2. The fourth-order valence-electron chi connectivity index (χ4n) is 2.37. The lowest BCUT2D eigenvalue weighted by Crippen LogP contribution is -2.31. The van der Waals surface area contributed by atoms with Gasteiger partial charge in [-0.25, -0.2) is 0 Å². The van der Waals surface area contributed by atoms with Gasteiger partial charge in [-0.2, -0.15) is 0 Å². The maximum Gasteiger partial charge on any atom is 0.270 e. The number of hydrogen-bond donors (Lipinski definition) is 1. The second-order valence-electron chi connectivity index (χ2n) is 5.92. The molecule has 2 rings (SSSR count). The van der Waals surface area contributed by atoms with Gasteiger partial charge in [0, 0.05) is 30.5 Å². The van der Waals surface area contributed by atoms with E-state index < -0.39 is 4.92 Å². The number of hydrogen-bond acceptors (Lipinski definition) is 5. The van der Waals surface area contributed by atoms with Crippen molar-refractivity contribution in [3.05, 3.63) is 39.4 Å². The number of nitro groups is 1. The van der Waals surface area contributed by atoms with Gasteiger partial charge in [-0.15, -0.1) is 0 Å². The second kappa shape index (κ2) is 5.12. The zero-order valence-corrected chi connectivity index (χ0v) is 11.8. The van der Waals surface area contributed by atoms with E-state index >= 15 is 0 Å². The van der Waals surface area contributed by atoms with Crippen molar-refractivity contribution in [3.8, 4) is 5.75 Å². The van der Waals surface area contributed by atoms with Crippen LogP contribution in [0.5, 0.6) is 5.75 Å². The first-order valence-corrected chi connectivity index (χ1v) is 6.45. The van der Waals surface area contributed by atoms with Gasteiger partial charge in [-0.05, 0) is 17.6 Å². The third-order valence-electron chi connectivity index (χ3n) is 3.40. The van der Waals surface area contributed by atoms with Crippen LogP contribution in [0.25, 0.3) is 6.08 Å². The number of phenols is 1. The Bertz CT molecular complexity index is 651. The highest BCUT2D eigenvalue weighted by Gasteiger charge is 2.35. The molecule has 1 fully saturated rings. The Hall–Kier alpha value is -2.50. The number of nitro benzene ring substituents is 1. The number of aromatic hydroxyl groups is 1. The highest BCUT2D eigenvalue weighted by Crippen LogP contribution is 2.35. The van der Waals surface area contributed by atoms with E-state index in [2.05, 4.69) is 0 Å². The van der Waals surface area contributed by atoms with Crippen molar-refractivity contribution in [2.75, 3.05) is 0 Å². The second-order valence-corrected chi connectivity index (χ2v) is 5.92. The van der Waals surface area contributed by atoms with E-state index in [1.807, 2.05) is 13.8 Å². The Morgan fingerprint density at radius 3 is 2.33 bits per heavy atom. The van der Waals surface area contributed by atoms with Gasteiger partial charge < -0.3 is 5.11 Å². The first-order valence-electron chi connectivity index (χ1n) is 6.45. The summed E-state index contributed by atoms with van der Waals surface area (Å²) in [5.41, 5.74) is -0.502. The van der Waals surface area contributed by atoms with Gasteiger partial charge in [0.15, 0.2) is 11.6 Å². The molecule has 1 saturated carbocycles. The third kappa shape index (κ3) is 3.16. The van der Waals surface area contributed by atoms with Gasteiger partial charge in [0.2, 0.25) is 0 Å². The molecule has 1 N–H and O–H groups in total. The number of benzene rings is 1. The van der Waals surface area contributed by atoms with E-state index in [-0.39, 0.29) is 52.4 Å². The van der Waals surface area contributed by atoms with Crippen LogP contribution in [0.2, 0.25) is 0 Å². The van der Waals surface area contributed by atoms with Crippen molar-refractivity contribution < 1.29 is 19.6 Å². The van der Waals surface area contributed by atoms with Gasteiger partial charge in [0.05, 0.1) is 10.5 Å². The molecule has 1 aliphatic carbocycles. The van der Waals surface area contributed by atoms with Gasteiger partial charge >= 0.3 is 0 Å². The molecule has 0 unspecified atom stereocenters. The minimum Gasteiger partial charge on any atom is -0.507 e. The number of non-ortho nitro benzene ring substituents is 1. The minimum absolute atomic E-state index is 0.00915. The maximum absolute atomic E-state index is 12.1. The van der Waals surface area contributed by atoms with Crippen LogP contribution in [0.3, 0.4) is 0 Å². The first kappa shape index (κ1) is 14.9. The normalized spacial score (nSPS) is 17.7. The van der Waals surface area contributed by atoms with Gasteiger partial charge in [0.1, 0.15) is 5.75 Å². The van der Waals surface area contributed by atoms with Crippen LogP contribution >= 0.6 is 0 Å². The van der Waals surface area contributed by atoms with Gasteiger partial charge in [-0.3, -0.25) is 19.7 Å².